The molecular formula is C11H10ClN3O. The van der Waals surface area contributed by atoms with E-state index < -0.39 is 5.92 Å². The van der Waals surface area contributed by atoms with Gasteiger partial charge >= 0.3 is 0 Å². The summed E-state index contributed by atoms with van der Waals surface area (Å²) in [5, 5.41) is 11.2. The summed E-state index contributed by atoms with van der Waals surface area (Å²) in [6.45, 7) is 0. The molecule has 1 aromatic rings. The van der Waals surface area contributed by atoms with Crippen LogP contribution in [0.3, 0.4) is 0 Å². The molecule has 1 saturated heterocycles. The largest absolute Gasteiger partial charge is 0.345 e. The highest BCUT2D eigenvalue weighted by molar-refractivity contribution is 6.21. The predicted molar refractivity (Wildman–Crippen MR) is 58.5 cm³/mol. The maximum atomic E-state index is 11.5. The minimum absolute atomic E-state index is 0.268. The van der Waals surface area contributed by atoms with Crippen LogP contribution in [0.2, 0.25) is 0 Å². The molecule has 1 amide bonds. The van der Waals surface area contributed by atoms with E-state index in [1.54, 1.807) is 12.3 Å². The highest BCUT2D eigenvalue weighted by atomic mass is 35.5. The van der Waals surface area contributed by atoms with Gasteiger partial charge in [-0.3, -0.25) is 9.78 Å². The number of hydrogen-bond donors (Lipinski definition) is 1. The minimum atomic E-state index is -0.650. The number of pyridine rings is 1. The fourth-order valence-corrected chi connectivity index (χ4v) is 2.11. The first-order chi connectivity index (χ1) is 7.72. The van der Waals surface area contributed by atoms with Gasteiger partial charge in [0.2, 0.25) is 5.91 Å². The summed E-state index contributed by atoms with van der Waals surface area (Å²) < 4.78 is 0. The Morgan fingerprint density at radius 2 is 2.38 bits per heavy atom. The van der Waals surface area contributed by atoms with Crippen molar-refractivity contribution >= 4 is 17.5 Å². The molecule has 3 atom stereocenters. The first kappa shape index (κ1) is 10.9. The van der Waals surface area contributed by atoms with Crippen LogP contribution in [0, 0.1) is 17.2 Å². The lowest BCUT2D eigenvalue weighted by Crippen LogP contribution is -2.44. The predicted octanol–water partition coefficient (Wildman–Crippen LogP) is 1.39. The topological polar surface area (TPSA) is 65.8 Å². The van der Waals surface area contributed by atoms with Gasteiger partial charge in [0.05, 0.1) is 23.2 Å². The van der Waals surface area contributed by atoms with Gasteiger partial charge in [-0.1, -0.05) is 6.07 Å². The third-order valence-electron chi connectivity index (χ3n) is 2.60. The van der Waals surface area contributed by atoms with E-state index in [2.05, 4.69) is 10.3 Å². The Kier molecular flexibility index (Phi) is 3.07. The Bertz CT molecular complexity index is 429. The lowest BCUT2D eigenvalue weighted by atomic mass is 9.93. The van der Waals surface area contributed by atoms with Crippen molar-refractivity contribution in [3.8, 4) is 6.07 Å². The molecule has 82 valence electrons. The van der Waals surface area contributed by atoms with Gasteiger partial charge < -0.3 is 5.32 Å². The second-order valence-electron chi connectivity index (χ2n) is 3.67. The van der Waals surface area contributed by atoms with Crippen LogP contribution in [0.15, 0.2) is 24.4 Å². The third-order valence-corrected chi connectivity index (χ3v) is 3.03. The monoisotopic (exact) mass is 235 g/mol. The normalized spacial score (nSPS) is 29.2. The fraction of sp³-hybridized carbons (Fsp3) is 0.364. The van der Waals surface area contributed by atoms with E-state index in [4.69, 9.17) is 16.9 Å². The van der Waals surface area contributed by atoms with Gasteiger partial charge in [-0.25, -0.2) is 0 Å². The lowest BCUT2D eigenvalue weighted by molar-refractivity contribution is -0.125. The SMILES string of the molecule is N#CC1CC(Cl)C(c2ccccn2)NC1=O. The molecule has 0 saturated carbocycles. The second kappa shape index (κ2) is 4.50. The highest BCUT2D eigenvalue weighted by Crippen LogP contribution is 2.29. The van der Waals surface area contributed by atoms with E-state index in [9.17, 15) is 4.79 Å². The van der Waals surface area contributed by atoms with E-state index in [0.29, 0.717) is 6.42 Å². The Balaban J connectivity index is 2.20. The Morgan fingerprint density at radius 3 is 3.00 bits per heavy atom. The Hall–Kier alpha value is -1.60. The van der Waals surface area contributed by atoms with Crippen molar-refractivity contribution in [2.24, 2.45) is 5.92 Å². The number of halogens is 1. The molecule has 5 heteroatoms. The molecule has 16 heavy (non-hydrogen) atoms. The number of hydrogen-bond acceptors (Lipinski definition) is 3. The molecule has 1 N–H and O–H groups in total. The molecule has 2 heterocycles. The maximum Gasteiger partial charge on any atom is 0.237 e. The summed E-state index contributed by atoms with van der Waals surface area (Å²) in [6.07, 6.45) is 2.02. The Morgan fingerprint density at radius 1 is 1.56 bits per heavy atom. The van der Waals surface area contributed by atoms with E-state index in [1.807, 2.05) is 18.2 Å². The zero-order valence-electron chi connectivity index (χ0n) is 8.43. The van der Waals surface area contributed by atoms with Gasteiger partial charge in [-0.05, 0) is 18.6 Å². The van der Waals surface area contributed by atoms with Crippen LogP contribution in [-0.4, -0.2) is 16.3 Å². The van der Waals surface area contributed by atoms with Gasteiger partial charge in [-0.15, -0.1) is 11.6 Å². The number of carbonyl (C=O) groups excluding carboxylic acids is 1. The number of rotatable bonds is 1. The zero-order chi connectivity index (χ0) is 11.5. The first-order valence-corrected chi connectivity index (χ1v) is 5.41. The van der Waals surface area contributed by atoms with Gasteiger partial charge in [-0.2, -0.15) is 5.26 Å². The highest BCUT2D eigenvalue weighted by Gasteiger charge is 2.35. The van der Waals surface area contributed by atoms with Crippen LogP contribution in [0.1, 0.15) is 18.2 Å². The smallest absolute Gasteiger partial charge is 0.237 e. The average Bonchev–Trinajstić information content (AvgIpc) is 2.32. The number of amides is 1. The summed E-state index contributed by atoms with van der Waals surface area (Å²) in [4.78, 5) is 15.7. The number of alkyl halides is 1. The molecule has 2 rings (SSSR count). The molecule has 1 aliphatic heterocycles. The molecule has 0 aliphatic carbocycles. The fourth-order valence-electron chi connectivity index (χ4n) is 1.74. The summed E-state index contributed by atoms with van der Waals surface area (Å²) in [7, 11) is 0. The van der Waals surface area contributed by atoms with Gasteiger partial charge in [0.15, 0.2) is 0 Å². The number of nitrogens with zero attached hydrogens (tertiary/aromatic N) is 2. The summed E-state index contributed by atoms with van der Waals surface area (Å²) in [6, 6.07) is 7.09. The minimum Gasteiger partial charge on any atom is -0.345 e. The van der Waals surface area contributed by atoms with E-state index in [0.717, 1.165) is 5.69 Å². The van der Waals surface area contributed by atoms with Crippen LogP contribution in [0.25, 0.3) is 0 Å². The number of nitriles is 1. The molecule has 0 radical (unpaired) electrons. The summed E-state index contributed by atoms with van der Waals surface area (Å²) >= 11 is 6.15. The quantitative estimate of drug-likeness (QED) is 0.748. The molecule has 0 bridgehead atoms. The molecule has 3 unspecified atom stereocenters. The van der Waals surface area contributed by atoms with Crippen molar-refractivity contribution in [2.45, 2.75) is 17.8 Å². The van der Waals surface area contributed by atoms with E-state index >= 15 is 0 Å². The van der Waals surface area contributed by atoms with Crippen molar-refractivity contribution in [3.05, 3.63) is 30.1 Å². The standard InChI is InChI=1S/C11H10ClN3O/c12-8-5-7(6-13)11(16)15-10(8)9-3-1-2-4-14-9/h1-4,7-8,10H,5H2,(H,15,16). The van der Waals surface area contributed by atoms with Crippen LogP contribution in [0.5, 0.6) is 0 Å². The van der Waals surface area contributed by atoms with Gasteiger partial charge in [0, 0.05) is 6.20 Å². The number of aromatic nitrogens is 1. The van der Waals surface area contributed by atoms with E-state index in [1.165, 1.54) is 0 Å². The van der Waals surface area contributed by atoms with Crippen molar-refractivity contribution in [3.63, 3.8) is 0 Å². The van der Waals surface area contributed by atoms with Crippen LogP contribution >= 0.6 is 11.6 Å². The number of carbonyl (C=O) groups is 1. The second-order valence-corrected chi connectivity index (χ2v) is 4.23. The third kappa shape index (κ3) is 2.00. The van der Waals surface area contributed by atoms with Gasteiger partial charge in [0.25, 0.3) is 0 Å². The average molecular weight is 236 g/mol. The van der Waals surface area contributed by atoms with Crippen LogP contribution < -0.4 is 5.32 Å². The van der Waals surface area contributed by atoms with E-state index in [-0.39, 0.29) is 17.3 Å². The molecular weight excluding hydrogens is 226 g/mol. The van der Waals surface area contributed by atoms with Crippen LogP contribution in [0.4, 0.5) is 0 Å². The summed E-state index contributed by atoms with van der Waals surface area (Å²) in [5.74, 6) is -0.919. The van der Waals surface area contributed by atoms with Crippen molar-refractivity contribution in [2.75, 3.05) is 0 Å². The number of nitrogens with one attached hydrogen (secondary N) is 1. The van der Waals surface area contributed by atoms with Crippen molar-refractivity contribution < 1.29 is 4.79 Å². The Labute approximate surface area is 98.2 Å². The molecule has 1 aromatic heterocycles. The van der Waals surface area contributed by atoms with Crippen molar-refractivity contribution in [1.82, 2.24) is 10.3 Å². The first-order valence-electron chi connectivity index (χ1n) is 4.97. The molecule has 0 spiro atoms. The number of piperidine rings is 1. The lowest BCUT2D eigenvalue weighted by Gasteiger charge is -2.29. The van der Waals surface area contributed by atoms with Gasteiger partial charge in [0.1, 0.15) is 5.92 Å². The van der Waals surface area contributed by atoms with Crippen molar-refractivity contribution in [1.29, 1.82) is 5.26 Å². The van der Waals surface area contributed by atoms with Crippen LogP contribution in [-0.2, 0) is 4.79 Å². The molecule has 1 fully saturated rings. The molecule has 1 aliphatic rings. The molecule has 4 nitrogen and oxygen atoms in total. The zero-order valence-corrected chi connectivity index (χ0v) is 9.19. The maximum absolute atomic E-state index is 11.5. The molecule has 0 aromatic carbocycles. The summed E-state index contributed by atoms with van der Waals surface area (Å²) in [5.41, 5.74) is 0.729.